The molecule has 0 atom stereocenters. The third-order valence-electron chi connectivity index (χ3n) is 0.455. The molecule has 7 heavy (non-hydrogen) atoms. The Bertz CT molecular complexity index is 68.5. The minimum Gasteiger partial charge on any atom is -0.387 e. The zero-order valence-corrected chi connectivity index (χ0v) is 4.99. The Labute approximate surface area is 49.5 Å². The molecule has 0 unspecified atom stereocenters. The Kier molecular flexibility index (Phi) is 5.33. The molecule has 0 bridgehead atoms. The van der Waals surface area contributed by atoms with Gasteiger partial charge in [0.1, 0.15) is 0 Å². The van der Waals surface area contributed by atoms with Gasteiger partial charge in [-0.3, -0.25) is 0 Å². The highest BCUT2D eigenvalue weighted by Crippen LogP contribution is 1.70. The molecule has 0 rings (SSSR count). The van der Waals surface area contributed by atoms with Gasteiger partial charge >= 0.3 is 0 Å². The highest BCUT2D eigenvalue weighted by atomic mass is 32.1. The number of nitrogens with one attached hydrogen (secondary N) is 1. The summed E-state index contributed by atoms with van der Waals surface area (Å²) in [5.41, 5.74) is 0. The maximum atomic E-state index is 3.82. The van der Waals surface area contributed by atoms with Gasteiger partial charge in [-0.05, 0) is 5.41 Å². The Balaban J connectivity index is 2.82. The van der Waals surface area contributed by atoms with E-state index in [9.17, 15) is 0 Å². The van der Waals surface area contributed by atoms with E-state index in [1.807, 2.05) is 0 Å². The van der Waals surface area contributed by atoms with Gasteiger partial charge in [0.15, 0.2) is 0 Å². The summed E-state index contributed by atoms with van der Waals surface area (Å²) in [7, 11) is 0. The summed E-state index contributed by atoms with van der Waals surface area (Å²) in [6.07, 6.45) is 3.54. The van der Waals surface area contributed by atoms with Crippen molar-refractivity contribution < 1.29 is 0 Å². The predicted octanol–water partition coefficient (Wildman–Crippen LogP) is 1.16. The molecule has 0 amide bonds. The van der Waals surface area contributed by atoms with E-state index in [0.717, 1.165) is 6.54 Å². The summed E-state index contributed by atoms with van der Waals surface area (Å²) in [6, 6.07) is 0. The molecule has 0 aromatic heterocycles. The fraction of sp³-hybridized carbons (Fsp3) is 0.200. The Morgan fingerprint density at radius 2 is 2.43 bits per heavy atom. The molecule has 0 spiro atoms. The van der Waals surface area contributed by atoms with Gasteiger partial charge in [-0.1, -0.05) is 6.08 Å². The normalized spacial score (nSPS) is 9.29. The second kappa shape index (κ2) is 5.63. The van der Waals surface area contributed by atoms with Gasteiger partial charge in [-0.2, -0.15) is 0 Å². The van der Waals surface area contributed by atoms with E-state index in [1.165, 1.54) is 0 Å². The van der Waals surface area contributed by atoms with Crippen LogP contribution in [0.25, 0.3) is 0 Å². The predicted molar refractivity (Wildman–Crippen MR) is 36.3 cm³/mol. The fourth-order valence-corrected chi connectivity index (χ4v) is 0.309. The van der Waals surface area contributed by atoms with Crippen LogP contribution in [0.15, 0.2) is 24.3 Å². The summed E-state index contributed by atoms with van der Waals surface area (Å²) in [4.78, 5) is 0. The van der Waals surface area contributed by atoms with Crippen LogP contribution in [0.1, 0.15) is 0 Å². The summed E-state index contributed by atoms with van der Waals surface area (Å²) in [5.74, 6) is 0. The van der Waals surface area contributed by atoms with Gasteiger partial charge in [0.25, 0.3) is 0 Å². The number of thiol groups is 1. The van der Waals surface area contributed by atoms with E-state index in [0.29, 0.717) is 0 Å². The molecule has 1 N–H and O–H groups in total. The Hall–Kier alpha value is -0.370. The first-order chi connectivity index (χ1) is 3.41. The van der Waals surface area contributed by atoms with Crippen LogP contribution in [0.4, 0.5) is 0 Å². The van der Waals surface area contributed by atoms with Crippen molar-refractivity contribution in [2.75, 3.05) is 6.54 Å². The molecule has 0 aliphatic rings. The van der Waals surface area contributed by atoms with Crippen molar-refractivity contribution in [3.8, 4) is 0 Å². The minimum absolute atomic E-state index is 0.803. The molecule has 0 saturated heterocycles. The van der Waals surface area contributed by atoms with E-state index in [2.05, 4.69) is 24.5 Å². The van der Waals surface area contributed by atoms with Crippen molar-refractivity contribution in [2.24, 2.45) is 0 Å². The smallest absolute Gasteiger partial charge is 0.0322 e. The van der Waals surface area contributed by atoms with Gasteiger partial charge in [-0.15, -0.1) is 19.2 Å². The number of hydrogen-bond donors (Lipinski definition) is 2. The molecule has 2 heteroatoms. The lowest BCUT2D eigenvalue weighted by molar-refractivity contribution is 0.991. The van der Waals surface area contributed by atoms with Gasteiger partial charge in [0, 0.05) is 12.7 Å². The van der Waals surface area contributed by atoms with Crippen molar-refractivity contribution in [1.82, 2.24) is 5.32 Å². The summed E-state index contributed by atoms with van der Waals surface area (Å²) >= 11 is 3.82. The topological polar surface area (TPSA) is 12.0 Å². The summed E-state index contributed by atoms with van der Waals surface area (Å²) in [5, 5.41) is 4.55. The molecule has 0 aliphatic heterocycles. The standard InChI is InChI=1S/C5H9NS/c1-2-3-6-4-5-7/h2,4-7H,1,3H2/b5-4-. The molecule has 40 valence electrons. The lowest BCUT2D eigenvalue weighted by atomic mass is 10.6. The average Bonchev–Trinajstić information content (AvgIpc) is 1.69. The van der Waals surface area contributed by atoms with Crippen molar-refractivity contribution in [3.05, 3.63) is 24.3 Å². The van der Waals surface area contributed by atoms with E-state index in [-0.39, 0.29) is 0 Å². The van der Waals surface area contributed by atoms with E-state index in [4.69, 9.17) is 0 Å². The molecule has 0 aliphatic carbocycles. The molecule has 0 fully saturated rings. The van der Waals surface area contributed by atoms with Crippen LogP contribution in [-0.4, -0.2) is 6.54 Å². The second-order valence-corrected chi connectivity index (χ2v) is 1.31. The van der Waals surface area contributed by atoms with Gasteiger partial charge in [0.2, 0.25) is 0 Å². The molecule has 0 radical (unpaired) electrons. The second-order valence-electron chi connectivity index (χ2n) is 1.01. The first-order valence-electron chi connectivity index (χ1n) is 2.05. The minimum atomic E-state index is 0.803. The molecule has 0 aromatic rings. The maximum Gasteiger partial charge on any atom is 0.0322 e. The van der Waals surface area contributed by atoms with Gasteiger partial charge in [0.05, 0.1) is 0 Å². The van der Waals surface area contributed by atoms with Crippen LogP contribution in [0.5, 0.6) is 0 Å². The first-order valence-corrected chi connectivity index (χ1v) is 2.57. The zero-order chi connectivity index (χ0) is 5.54. The monoisotopic (exact) mass is 115 g/mol. The van der Waals surface area contributed by atoms with Gasteiger partial charge in [-0.25, -0.2) is 0 Å². The van der Waals surface area contributed by atoms with Crippen molar-refractivity contribution >= 4 is 12.6 Å². The summed E-state index contributed by atoms with van der Waals surface area (Å²) < 4.78 is 0. The first kappa shape index (κ1) is 6.63. The molecule has 0 saturated carbocycles. The number of hydrogen-bond acceptors (Lipinski definition) is 2. The van der Waals surface area contributed by atoms with Crippen LogP contribution in [-0.2, 0) is 0 Å². The van der Waals surface area contributed by atoms with E-state index >= 15 is 0 Å². The Morgan fingerprint density at radius 1 is 1.71 bits per heavy atom. The lowest BCUT2D eigenvalue weighted by Gasteiger charge is -1.87. The SMILES string of the molecule is C=CCN/C=C\S. The van der Waals surface area contributed by atoms with Crippen LogP contribution in [0.3, 0.4) is 0 Å². The lowest BCUT2D eigenvalue weighted by Crippen LogP contribution is -2.01. The van der Waals surface area contributed by atoms with E-state index < -0.39 is 0 Å². The molecule has 0 aromatic carbocycles. The van der Waals surface area contributed by atoms with Crippen molar-refractivity contribution in [1.29, 1.82) is 0 Å². The van der Waals surface area contributed by atoms with Gasteiger partial charge < -0.3 is 5.32 Å². The fourth-order valence-electron chi connectivity index (χ4n) is 0.204. The average molecular weight is 115 g/mol. The van der Waals surface area contributed by atoms with Crippen LogP contribution in [0, 0.1) is 0 Å². The highest BCUT2D eigenvalue weighted by molar-refractivity contribution is 7.83. The largest absolute Gasteiger partial charge is 0.387 e. The van der Waals surface area contributed by atoms with E-state index in [1.54, 1.807) is 17.7 Å². The molecule has 1 nitrogen and oxygen atoms in total. The maximum absolute atomic E-state index is 3.82. The number of rotatable bonds is 3. The van der Waals surface area contributed by atoms with Crippen LogP contribution in [0.2, 0.25) is 0 Å². The Morgan fingerprint density at radius 3 is 2.86 bits per heavy atom. The molecular weight excluding hydrogens is 106 g/mol. The van der Waals surface area contributed by atoms with Crippen LogP contribution < -0.4 is 5.32 Å². The van der Waals surface area contributed by atoms with Crippen molar-refractivity contribution in [2.45, 2.75) is 0 Å². The van der Waals surface area contributed by atoms with Crippen LogP contribution >= 0.6 is 12.6 Å². The third-order valence-corrected chi connectivity index (χ3v) is 0.604. The molecule has 0 heterocycles. The zero-order valence-electron chi connectivity index (χ0n) is 4.09. The summed E-state index contributed by atoms with van der Waals surface area (Å²) in [6.45, 7) is 4.31. The quantitative estimate of drug-likeness (QED) is 0.319. The third kappa shape index (κ3) is 5.63. The van der Waals surface area contributed by atoms with Crippen molar-refractivity contribution in [3.63, 3.8) is 0 Å². The highest BCUT2D eigenvalue weighted by Gasteiger charge is 1.62. The molecular formula is C5H9NS.